The summed E-state index contributed by atoms with van der Waals surface area (Å²) in [6.07, 6.45) is 1.70. The minimum atomic E-state index is -0.210. The van der Waals surface area contributed by atoms with Crippen molar-refractivity contribution in [3.63, 3.8) is 0 Å². The van der Waals surface area contributed by atoms with Crippen molar-refractivity contribution < 1.29 is 9.53 Å². The predicted octanol–water partition coefficient (Wildman–Crippen LogP) is 3.29. The lowest BCUT2D eigenvalue weighted by molar-refractivity contribution is -0.141. The zero-order valence-electron chi connectivity index (χ0n) is 9.96. The molecule has 94 valence electrons. The van der Waals surface area contributed by atoms with Crippen LogP contribution in [0.15, 0.2) is 40.7 Å². The molecule has 5 heteroatoms. The Morgan fingerprint density at radius 1 is 1.44 bits per heavy atom. The molecule has 3 nitrogen and oxygen atoms in total. The van der Waals surface area contributed by atoms with Gasteiger partial charge in [0, 0.05) is 16.5 Å². The van der Waals surface area contributed by atoms with Crippen molar-refractivity contribution in [2.24, 2.45) is 0 Å². The zero-order valence-corrected chi connectivity index (χ0v) is 11.6. The second kappa shape index (κ2) is 6.56. The summed E-state index contributed by atoms with van der Waals surface area (Å²) in [4.78, 5) is 16.7. The van der Waals surface area contributed by atoms with Crippen LogP contribution in [0.1, 0.15) is 10.6 Å². The number of thiazole rings is 1. The molecule has 0 fully saturated rings. The van der Waals surface area contributed by atoms with Crippen molar-refractivity contribution in [3.8, 4) is 0 Å². The van der Waals surface area contributed by atoms with E-state index in [-0.39, 0.29) is 12.6 Å². The Morgan fingerprint density at radius 3 is 3.00 bits per heavy atom. The molecule has 0 aliphatic carbocycles. The van der Waals surface area contributed by atoms with Crippen LogP contribution in [-0.4, -0.2) is 16.7 Å². The first-order valence-corrected chi connectivity index (χ1v) is 7.34. The summed E-state index contributed by atoms with van der Waals surface area (Å²) in [5.74, 6) is 0.120. The molecule has 1 heterocycles. The molecule has 0 saturated carbocycles. The summed E-state index contributed by atoms with van der Waals surface area (Å²) in [7, 11) is 0. The molecule has 0 unspecified atom stereocenters. The van der Waals surface area contributed by atoms with E-state index < -0.39 is 0 Å². The number of aromatic nitrogens is 1. The molecule has 2 aromatic rings. The highest BCUT2D eigenvalue weighted by atomic mass is 32.2. The van der Waals surface area contributed by atoms with Crippen molar-refractivity contribution >= 4 is 29.1 Å². The summed E-state index contributed by atoms with van der Waals surface area (Å²) >= 11 is 2.99. The third-order valence-corrected chi connectivity index (χ3v) is 4.18. The number of carbonyl (C=O) groups is 1. The van der Waals surface area contributed by atoms with E-state index in [0.29, 0.717) is 5.75 Å². The van der Waals surface area contributed by atoms with Gasteiger partial charge in [0.1, 0.15) is 11.6 Å². The van der Waals surface area contributed by atoms with Gasteiger partial charge in [-0.1, -0.05) is 18.2 Å². The SMILES string of the molecule is Cc1ccccc1SCC(=O)OCc1nccs1. The Balaban J connectivity index is 1.77. The lowest BCUT2D eigenvalue weighted by atomic mass is 10.2. The van der Waals surface area contributed by atoms with Crippen molar-refractivity contribution in [3.05, 3.63) is 46.4 Å². The van der Waals surface area contributed by atoms with Gasteiger partial charge in [0.25, 0.3) is 0 Å². The molecule has 1 aromatic heterocycles. The van der Waals surface area contributed by atoms with Gasteiger partial charge in [-0.25, -0.2) is 4.98 Å². The number of benzene rings is 1. The van der Waals surface area contributed by atoms with E-state index in [2.05, 4.69) is 4.98 Å². The number of hydrogen-bond acceptors (Lipinski definition) is 5. The van der Waals surface area contributed by atoms with Gasteiger partial charge < -0.3 is 4.74 Å². The molecule has 1 aromatic carbocycles. The number of hydrogen-bond donors (Lipinski definition) is 0. The average molecular weight is 279 g/mol. The van der Waals surface area contributed by atoms with E-state index in [0.717, 1.165) is 9.90 Å². The van der Waals surface area contributed by atoms with E-state index in [1.54, 1.807) is 6.20 Å². The van der Waals surface area contributed by atoms with Crippen LogP contribution in [0.3, 0.4) is 0 Å². The fraction of sp³-hybridized carbons (Fsp3) is 0.231. The second-order valence-corrected chi connectivity index (χ2v) is 5.64. The van der Waals surface area contributed by atoms with Crippen molar-refractivity contribution in [2.45, 2.75) is 18.4 Å². The zero-order chi connectivity index (χ0) is 12.8. The molecule has 0 N–H and O–H groups in total. The Morgan fingerprint density at radius 2 is 2.28 bits per heavy atom. The third-order valence-electron chi connectivity index (χ3n) is 2.28. The summed E-state index contributed by atoms with van der Waals surface area (Å²) in [6.45, 7) is 2.30. The second-order valence-electron chi connectivity index (χ2n) is 3.64. The highest BCUT2D eigenvalue weighted by molar-refractivity contribution is 8.00. The highest BCUT2D eigenvalue weighted by Crippen LogP contribution is 2.21. The van der Waals surface area contributed by atoms with E-state index in [9.17, 15) is 4.79 Å². The van der Waals surface area contributed by atoms with Crippen LogP contribution in [0, 0.1) is 6.92 Å². The molecule has 0 spiro atoms. The lowest BCUT2D eigenvalue weighted by Gasteiger charge is -2.05. The molecule has 18 heavy (non-hydrogen) atoms. The first kappa shape index (κ1) is 13.1. The fourth-order valence-electron chi connectivity index (χ4n) is 1.36. The van der Waals surface area contributed by atoms with Crippen molar-refractivity contribution in [2.75, 3.05) is 5.75 Å². The van der Waals surface area contributed by atoms with Crippen LogP contribution in [0.25, 0.3) is 0 Å². The molecular weight excluding hydrogens is 266 g/mol. The number of thioether (sulfide) groups is 1. The minimum Gasteiger partial charge on any atom is -0.458 e. The molecule has 2 rings (SSSR count). The number of carbonyl (C=O) groups excluding carboxylic acids is 1. The number of esters is 1. The fourth-order valence-corrected chi connectivity index (χ4v) is 2.72. The quantitative estimate of drug-likeness (QED) is 0.622. The van der Waals surface area contributed by atoms with Gasteiger partial charge in [0.15, 0.2) is 0 Å². The maximum Gasteiger partial charge on any atom is 0.316 e. The van der Waals surface area contributed by atoms with E-state index >= 15 is 0 Å². The molecule has 0 amide bonds. The van der Waals surface area contributed by atoms with Crippen molar-refractivity contribution in [1.82, 2.24) is 4.98 Å². The standard InChI is InChI=1S/C13H13NO2S2/c1-10-4-2-3-5-11(10)18-9-13(15)16-8-12-14-6-7-17-12/h2-7H,8-9H2,1H3. The summed E-state index contributed by atoms with van der Waals surface area (Å²) in [5.41, 5.74) is 1.18. The van der Waals surface area contributed by atoms with E-state index in [4.69, 9.17) is 4.74 Å². The van der Waals surface area contributed by atoms with Gasteiger partial charge >= 0.3 is 5.97 Å². The van der Waals surface area contributed by atoms with Crippen LogP contribution in [-0.2, 0) is 16.1 Å². The maximum atomic E-state index is 11.6. The number of aryl methyl sites for hydroxylation is 1. The largest absolute Gasteiger partial charge is 0.458 e. The molecule has 0 aliphatic rings. The van der Waals surface area contributed by atoms with Gasteiger partial charge in [-0.2, -0.15) is 0 Å². The minimum absolute atomic E-state index is 0.210. The summed E-state index contributed by atoms with van der Waals surface area (Å²) < 4.78 is 5.14. The van der Waals surface area contributed by atoms with Crippen LogP contribution < -0.4 is 0 Å². The molecule has 0 radical (unpaired) electrons. The molecule has 0 atom stereocenters. The predicted molar refractivity (Wildman–Crippen MR) is 73.8 cm³/mol. The third kappa shape index (κ3) is 3.85. The van der Waals surface area contributed by atoms with E-state index in [1.165, 1.54) is 28.7 Å². The van der Waals surface area contributed by atoms with E-state index in [1.807, 2.05) is 36.6 Å². The van der Waals surface area contributed by atoms with Crippen molar-refractivity contribution in [1.29, 1.82) is 0 Å². The first-order chi connectivity index (χ1) is 8.75. The summed E-state index contributed by atoms with van der Waals surface area (Å²) in [6, 6.07) is 7.99. The molecular formula is C13H13NO2S2. The first-order valence-electron chi connectivity index (χ1n) is 5.48. The smallest absolute Gasteiger partial charge is 0.316 e. The maximum absolute atomic E-state index is 11.6. The Labute approximate surface area is 114 Å². The monoisotopic (exact) mass is 279 g/mol. The Hall–Kier alpha value is -1.33. The van der Waals surface area contributed by atoms with Crippen LogP contribution in [0.5, 0.6) is 0 Å². The Kier molecular flexibility index (Phi) is 4.78. The number of nitrogens with zero attached hydrogens (tertiary/aromatic N) is 1. The topological polar surface area (TPSA) is 39.2 Å². The van der Waals surface area contributed by atoms with Crippen LogP contribution in [0.2, 0.25) is 0 Å². The lowest BCUT2D eigenvalue weighted by Crippen LogP contribution is -2.07. The van der Waals surface area contributed by atoms with Crippen LogP contribution in [0.4, 0.5) is 0 Å². The van der Waals surface area contributed by atoms with Gasteiger partial charge in [-0.3, -0.25) is 4.79 Å². The van der Waals surface area contributed by atoms with Gasteiger partial charge in [0.05, 0.1) is 5.75 Å². The number of rotatable bonds is 5. The van der Waals surface area contributed by atoms with Gasteiger partial charge in [0.2, 0.25) is 0 Å². The average Bonchev–Trinajstić information content (AvgIpc) is 2.88. The van der Waals surface area contributed by atoms with Gasteiger partial charge in [-0.05, 0) is 18.6 Å². The molecule has 0 bridgehead atoms. The molecule has 0 aliphatic heterocycles. The van der Waals surface area contributed by atoms with Crippen LogP contribution >= 0.6 is 23.1 Å². The molecule has 0 saturated heterocycles. The normalized spacial score (nSPS) is 10.3. The van der Waals surface area contributed by atoms with Gasteiger partial charge in [-0.15, -0.1) is 23.1 Å². The Bertz CT molecular complexity index is 511. The summed E-state index contributed by atoms with van der Waals surface area (Å²) in [5, 5.41) is 2.69. The number of ether oxygens (including phenoxy) is 1. The highest BCUT2D eigenvalue weighted by Gasteiger charge is 2.06.